The van der Waals surface area contributed by atoms with Gasteiger partial charge in [0, 0.05) is 22.7 Å². The van der Waals surface area contributed by atoms with E-state index in [1.54, 1.807) is 0 Å². The Kier molecular flexibility index (Phi) is 9.50. The van der Waals surface area contributed by atoms with E-state index in [1.807, 2.05) is 0 Å². The van der Waals surface area contributed by atoms with Crippen LogP contribution in [0.1, 0.15) is 184 Å². The smallest absolute Gasteiger partial charge is 0.293 e. The summed E-state index contributed by atoms with van der Waals surface area (Å²) in [4.78, 5) is 2.67. The van der Waals surface area contributed by atoms with Crippen LogP contribution in [0.4, 0.5) is 17.1 Å². The summed E-state index contributed by atoms with van der Waals surface area (Å²) < 4.78 is 7.64. The molecule has 4 aliphatic rings. The van der Waals surface area contributed by atoms with E-state index in [2.05, 4.69) is 218 Å². The van der Waals surface area contributed by atoms with Gasteiger partial charge in [0.1, 0.15) is 5.58 Å². The van der Waals surface area contributed by atoms with Crippen molar-refractivity contribution in [2.75, 3.05) is 4.90 Å². The molecule has 0 radical (unpaired) electrons. The summed E-state index contributed by atoms with van der Waals surface area (Å²) in [6.45, 7) is 36.0. The van der Waals surface area contributed by atoms with Crippen molar-refractivity contribution in [2.45, 2.75) is 168 Å². The zero-order valence-electron chi connectivity index (χ0n) is 43.2. The second-order valence-corrected chi connectivity index (χ2v) is 26.0. The van der Waals surface area contributed by atoms with Gasteiger partial charge in [-0.3, -0.25) is 0 Å². The fourth-order valence-electron chi connectivity index (χ4n) is 12.8. The van der Waals surface area contributed by atoms with Gasteiger partial charge in [-0.2, -0.15) is 0 Å². The van der Waals surface area contributed by atoms with Crippen LogP contribution >= 0.6 is 0 Å². The van der Waals surface area contributed by atoms with Crippen LogP contribution in [-0.2, 0) is 32.5 Å². The van der Waals surface area contributed by atoms with E-state index in [-0.39, 0.29) is 45.1 Å². The molecule has 1 atom stereocenters. The van der Waals surface area contributed by atoms with E-state index in [0.29, 0.717) is 0 Å². The van der Waals surface area contributed by atoms with Crippen molar-refractivity contribution >= 4 is 51.3 Å². The van der Waals surface area contributed by atoms with Crippen LogP contribution in [0.15, 0.2) is 114 Å². The lowest BCUT2D eigenvalue weighted by Crippen LogP contribution is -2.61. The van der Waals surface area contributed by atoms with Gasteiger partial charge in [0.25, 0.3) is 6.71 Å². The van der Waals surface area contributed by atoms with E-state index in [9.17, 15) is 0 Å². The quantitative estimate of drug-likeness (QED) is 0.164. The van der Waals surface area contributed by atoms with Crippen LogP contribution in [0.2, 0.25) is 0 Å². The van der Waals surface area contributed by atoms with Gasteiger partial charge in [-0.25, -0.2) is 0 Å². The molecule has 11 rings (SSSR count). The number of fused-ring (bicyclic) bond motifs is 8. The van der Waals surface area contributed by atoms with Crippen molar-refractivity contribution < 1.29 is 4.42 Å². The molecule has 2 nitrogen and oxygen atoms in total. The number of nitrogens with zero attached hydrogens (tertiary/aromatic N) is 1. The standard InChI is InChI=1S/C64H72BNO/c1-38-21-26-52-45(31-38)55(43-24-22-40(59(2,3)4)32-44(43)39-19-17-16-18-20-39)47-33-41(60(5,6)7)34-53-56(47)65(52)58-57(46-36-50-51(37-54(46)67-58)64(14,15)30-29-63(50,12)13)66(53)42-23-25-48-49(35-42)62(10,11)28-27-61(48,8)9/h16-26,31-37,55H,27-30H2,1-15H3. The Hall–Kier alpha value is -5.28. The minimum absolute atomic E-state index is 0.0000292. The lowest BCUT2D eigenvalue weighted by molar-refractivity contribution is 0.332. The molecule has 2 aliphatic heterocycles. The van der Waals surface area contributed by atoms with Gasteiger partial charge in [0.2, 0.25) is 0 Å². The van der Waals surface area contributed by atoms with E-state index in [0.717, 1.165) is 24.1 Å². The molecular formula is C64H72BNO. The average molecular weight is 882 g/mol. The number of aryl methyl sites for hydroxylation is 1. The van der Waals surface area contributed by atoms with Crippen LogP contribution in [0, 0.1) is 6.92 Å². The molecule has 342 valence electrons. The minimum atomic E-state index is -0.113. The minimum Gasteiger partial charge on any atom is -0.468 e. The topological polar surface area (TPSA) is 16.4 Å². The molecule has 0 saturated heterocycles. The van der Waals surface area contributed by atoms with Gasteiger partial charge in [-0.05, 0) is 162 Å². The van der Waals surface area contributed by atoms with E-state index in [1.165, 1.54) is 113 Å². The summed E-state index contributed by atoms with van der Waals surface area (Å²) in [5.41, 5.74) is 25.2. The molecule has 0 bridgehead atoms. The molecule has 0 N–H and O–H groups in total. The fraction of sp³-hybridized carbons (Fsp3) is 0.406. The lowest BCUT2D eigenvalue weighted by atomic mass is 9.32. The molecule has 7 aromatic rings. The summed E-state index contributed by atoms with van der Waals surface area (Å²) in [7, 11) is 0. The summed E-state index contributed by atoms with van der Waals surface area (Å²) >= 11 is 0. The van der Waals surface area contributed by atoms with E-state index in [4.69, 9.17) is 4.42 Å². The third-order valence-corrected chi connectivity index (χ3v) is 17.3. The van der Waals surface area contributed by atoms with Gasteiger partial charge < -0.3 is 9.32 Å². The zero-order chi connectivity index (χ0) is 47.5. The Morgan fingerprint density at radius 3 is 1.81 bits per heavy atom. The monoisotopic (exact) mass is 882 g/mol. The van der Waals surface area contributed by atoms with Gasteiger partial charge in [-0.15, -0.1) is 0 Å². The second kappa shape index (κ2) is 14.4. The Morgan fingerprint density at radius 2 is 1.16 bits per heavy atom. The molecule has 0 amide bonds. The summed E-state index contributed by atoms with van der Waals surface area (Å²) in [5, 5.41) is 1.23. The van der Waals surface area contributed by atoms with Crippen molar-refractivity contribution in [1.82, 2.24) is 0 Å². The van der Waals surface area contributed by atoms with Gasteiger partial charge in [-0.1, -0.05) is 187 Å². The van der Waals surface area contributed by atoms with Gasteiger partial charge in [0.05, 0.1) is 11.3 Å². The maximum atomic E-state index is 7.64. The Balaban J connectivity index is 1.29. The SMILES string of the molecule is Cc1ccc2c(c1)C(c1ccc(C(C)(C)C)cc1-c1ccccc1)c1cc(C(C)(C)C)cc3c1B2c1oc2cc4c(cc2c1N3c1ccc2c(c1)C(C)(C)CCC2(C)C)C(C)(C)CCC4(C)C. The first-order chi connectivity index (χ1) is 31.4. The number of anilines is 3. The van der Waals surface area contributed by atoms with Crippen LogP contribution in [0.3, 0.4) is 0 Å². The predicted octanol–water partition coefficient (Wildman–Crippen LogP) is 15.5. The maximum Gasteiger partial charge on any atom is 0.293 e. The highest BCUT2D eigenvalue weighted by molar-refractivity contribution is 6.98. The Labute approximate surface area is 402 Å². The molecule has 0 saturated carbocycles. The van der Waals surface area contributed by atoms with E-state index >= 15 is 0 Å². The van der Waals surface area contributed by atoms with Crippen LogP contribution in [-0.4, -0.2) is 6.71 Å². The highest BCUT2D eigenvalue weighted by Gasteiger charge is 2.49. The molecule has 3 heteroatoms. The first-order valence-electron chi connectivity index (χ1n) is 25.4. The molecule has 3 heterocycles. The van der Waals surface area contributed by atoms with Crippen molar-refractivity contribution in [2.24, 2.45) is 0 Å². The Morgan fingerprint density at radius 1 is 0.552 bits per heavy atom. The van der Waals surface area contributed by atoms with Crippen molar-refractivity contribution in [1.29, 1.82) is 0 Å². The molecule has 1 aromatic heterocycles. The molecule has 0 spiro atoms. The lowest BCUT2D eigenvalue weighted by Gasteiger charge is -2.44. The predicted molar refractivity (Wildman–Crippen MR) is 288 cm³/mol. The second-order valence-electron chi connectivity index (χ2n) is 26.0. The number of hydrogen-bond acceptors (Lipinski definition) is 2. The average Bonchev–Trinajstić information content (AvgIpc) is 3.64. The maximum absolute atomic E-state index is 7.64. The number of furan rings is 1. The number of benzene rings is 6. The van der Waals surface area contributed by atoms with Crippen LogP contribution < -0.4 is 21.5 Å². The zero-order valence-corrected chi connectivity index (χ0v) is 43.2. The highest BCUT2D eigenvalue weighted by Crippen LogP contribution is 2.54. The summed E-state index contributed by atoms with van der Waals surface area (Å²) in [5.74, 6) is -0.00335. The summed E-state index contributed by atoms with van der Waals surface area (Å²) in [6.07, 6.45) is 4.68. The molecule has 67 heavy (non-hydrogen) atoms. The van der Waals surface area contributed by atoms with Crippen molar-refractivity contribution in [3.8, 4) is 11.1 Å². The van der Waals surface area contributed by atoms with Gasteiger partial charge >= 0.3 is 0 Å². The molecule has 0 fully saturated rings. The first-order valence-corrected chi connectivity index (χ1v) is 25.4. The Bertz CT molecular complexity index is 3180. The van der Waals surface area contributed by atoms with Crippen LogP contribution in [0.25, 0.3) is 22.1 Å². The van der Waals surface area contributed by atoms with E-state index < -0.39 is 0 Å². The molecule has 1 unspecified atom stereocenters. The third-order valence-electron chi connectivity index (χ3n) is 17.3. The largest absolute Gasteiger partial charge is 0.468 e. The van der Waals surface area contributed by atoms with Crippen molar-refractivity contribution in [3.63, 3.8) is 0 Å². The van der Waals surface area contributed by atoms with Crippen LogP contribution in [0.5, 0.6) is 0 Å². The van der Waals surface area contributed by atoms with Crippen molar-refractivity contribution in [3.05, 3.63) is 165 Å². The third kappa shape index (κ3) is 6.78. The highest BCUT2D eigenvalue weighted by atomic mass is 16.3. The summed E-state index contributed by atoms with van der Waals surface area (Å²) in [6, 6.07) is 43.5. The molecule has 2 aliphatic carbocycles. The fourth-order valence-corrected chi connectivity index (χ4v) is 12.8. The molecule has 6 aromatic carbocycles. The van der Waals surface area contributed by atoms with Gasteiger partial charge in [0.15, 0.2) is 0 Å². The number of rotatable bonds is 3. The normalized spacial score (nSPS) is 19.6. The molecular weight excluding hydrogens is 810 g/mol. The number of hydrogen-bond donors (Lipinski definition) is 0. The first kappa shape index (κ1) is 44.2.